The third kappa shape index (κ3) is 4.38. The molecule has 2 unspecified atom stereocenters. The number of carbonyl (C=O) groups is 1. The minimum Gasteiger partial charge on any atom is -0.472 e. The zero-order valence-electron chi connectivity index (χ0n) is 9.57. The van der Waals surface area contributed by atoms with Crippen molar-refractivity contribution in [3.05, 3.63) is 0 Å². The van der Waals surface area contributed by atoms with E-state index in [2.05, 4.69) is 12.6 Å². The first-order chi connectivity index (χ1) is 6.87. The second kappa shape index (κ2) is 6.33. The van der Waals surface area contributed by atoms with Crippen LogP contribution in [0, 0.1) is 5.92 Å². The van der Waals surface area contributed by atoms with Crippen molar-refractivity contribution in [2.24, 2.45) is 5.92 Å². The lowest BCUT2D eigenvalue weighted by Crippen LogP contribution is -2.41. The molecule has 5 heteroatoms. The van der Waals surface area contributed by atoms with E-state index in [0.717, 1.165) is 0 Å². The number of hydrogen-bond donors (Lipinski definition) is 1. The first-order valence-corrected chi connectivity index (χ1v) is 5.81. The van der Waals surface area contributed by atoms with Gasteiger partial charge in [-0.1, -0.05) is 19.6 Å². The Hall–Kier alpha value is -0.290. The average molecular weight is 250 g/mol. The molecule has 0 aliphatic rings. The molecule has 2 atom stereocenters. The molecule has 0 spiro atoms. The lowest BCUT2D eigenvalue weighted by molar-refractivity contribution is -0.155. The number of hydrogen-bond acceptors (Lipinski definition) is 4. The molecule has 0 aliphatic carbocycles. The van der Waals surface area contributed by atoms with Gasteiger partial charge >= 0.3 is 5.97 Å². The Balaban J connectivity index is 4.63. The first kappa shape index (κ1) is 14.7. The van der Waals surface area contributed by atoms with Crippen molar-refractivity contribution in [1.82, 2.24) is 0 Å². The maximum atomic E-state index is 11.6. The molecule has 88 valence electrons. The lowest BCUT2D eigenvalue weighted by atomic mass is 9.88. The fraction of sp³-hybridized carbons (Fsp3) is 0.800. The summed E-state index contributed by atoms with van der Waals surface area (Å²) in [6, 6.07) is 0. The Morgan fingerprint density at radius 1 is 1.53 bits per heavy atom. The van der Waals surface area contributed by atoms with Crippen molar-refractivity contribution >= 4 is 35.2 Å². The third-order valence-electron chi connectivity index (χ3n) is 2.58. The van der Waals surface area contributed by atoms with Crippen LogP contribution < -0.4 is 0 Å². The molecule has 0 bridgehead atoms. The number of carbonyl (C=O) groups excluding carboxylic acids is 1. The molecule has 0 aromatic heterocycles. The molecule has 0 amide bonds. The van der Waals surface area contributed by atoms with Crippen molar-refractivity contribution in [3.8, 4) is 0 Å². The highest BCUT2D eigenvalue weighted by molar-refractivity contribution is 8.10. The average Bonchev–Trinajstić information content (AvgIpc) is 2.15. The standard InChI is InChI=1S/C10H18O3S2/c1-5-10(4,13-9(14)15)7(3)8(11)12-6-2/h7H,5-6H2,1-4H3,(H,14,15). The molecule has 0 N–H and O–H groups in total. The normalized spacial score (nSPS) is 16.3. The quantitative estimate of drug-likeness (QED) is 0.462. The fourth-order valence-electron chi connectivity index (χ4n) is 1.18. The summed E-state index contributed by atoms with van der Waals surface area (Å²) in [5, 5.41) is 0. The zero-order chi connectivity index (χ0) is 12.1. The molecule has 0 aromatic rings. The zero-order valence-corrected chi connectivity index (χ0v) is 11.3. The van der Waals surface area contributed by atoms with Crippen LogP contribution in [0.25, 0.3) is 0 Å². The lowest BCUT2D eigenvalue weighted by Gasteiger charge is -2.33. The van der Waals surface area contributed by atoms with Crippen LogP contribution in [0.3, 0.4) is 0 Å². The van der Waals surface area contributed by atoms with Crippen LogP contribution in [-0.4, -0.2) is 22.6 Å². The monoisotopic (exact) mass is 250 g/mol. The molecule has 0 radical (unpaired) electrons. The Labute approximate surface area is 102 Å². The summed E-state index contributed by atoms with van der Waals surface area (Å²) in [7, 11) is 0. The van der Waals surface area contributed by atoms with Crippen LogP contribution in [0.5, 0.6) is 0 Å². The Morgan fingerprint density at radius 3 is 2.40 bits per heavy atom. The number of ether oxygens (including phenoxy) is 2. The summed E-state index contributed by atoms with van der Waals surface area (Å²) >= 11 is 8.69. The van der Waals surface area contributed by atoms with Gasteiger partial charge in [0.05, 0.1) is 12.5 Å². The Morgan fingerprint density at radius 2 is 2.07 bits per heavy atom. The first-order valence-electron chi connectivity index (χ1n) is 4.96. The number of esters is 1. The van der Waals surface area contributed by atoms with E-state index in [1.165, 1.54) is 0 Å². The van der Waals surface area contributed by atoms with Crippen molar-refractivity contribution in [2.45, 2.75) is 39.7 Å². The van der Waals surface area contributed by atoms with E-state index in [1.807, 2.05) is 13.8 Å². The van der Waals surface area contributed by atoms with Crippen molar-refractivity contribution < 1.29 is 14.3 Å². The predicted molar refractivity (Wildman–Crippen MR) is 67.2 cm³/mol. The highest BCUT2D eigenvalue weighted by Crippen LogP contribution is 2.27. The molecule has 15 heavy (non-hydrogen) atoms. The Bertz CT molecular complexity index is 243. The Kier molecular flexibility index (Phi) is 6.20. The molecule has 0 aromatic carbocycles. The summed E-state index contributed by atoms with van der Waals surface area (Å²) in [6.07, 6.45) is 0.660. The van der Waals surface area contributed by atoms with Gasteiger partial charge in [-0.25, -0.2) is 0 Å². The van der Waals surface area contributed by atoms with E-state index >= 15 is 0 Å². The molecular weight excluding hydrogens is 232 g/mol. The van der Waals surface area contributed by atoms with E-state index in [-0.39, 0.29) is 16.3 Å². The predicted octanol–water partition coefficient (Wildman–Crippen LogP) is 2.59. The molecular formula is C10H18O3S2. The molecule has 0 saturated carbocycles. The molecule has 0 aliphatic heterocycles. The summed E-state index contributed by atoms with van der Waals surface area (Å²) in [4.78, 5) is 11.6. The largest absolute Gasteiger partial charge is 0.472 e. The second-order valence-corrected chi connectivity index (χ2v) is 4.59. The van der Waals surface area contributed by atoms with Crippen LogP contribution in [-0.2, 0) is 14.3 Å². The van der Waals surface area contributed by atoms with E-state index in [9.17, 15) is 4.79 Å². The highest BCUT2D eigenvalue weighted by Gasteiger charge is 2.37. The summed E-state index contributed by atoms with van der Waals surface area (Å²) in [5.41, 5.74) is -0.648. The minimum absolute atomic E-state index is 0.149. The van der Waals surface area contributed by atoms with Gasteiger partial charge in [0.25, 0.3) is 0 Å². The van der Waals surface area contributed by atoms with Gasteiger partial charge in [-0.15, -0.1) is 0 Å². The number of rotatable bonds is 5. The maximum absolute atomic E-state index is 11.6. The van der Waals surface area contributed by atoms with E-state index in [1.54, 1.807) is 13.8 Å². The van der Waals surface area contributed by atoms with Crippen LogP contribution in [0.2, 0.25) is 0 Å². The van der Waals surface area contributed by atoms with Crippen LogP contribution in [0.1, 0.15) is 34.1 Å². The SMILES string of the molecule is CCOC(=O)C(C)C(C)(CC)OC(=S)S. The van der Waals surface area contributed by atoms with Gasteiger partial charge in [0.1, 0.15) is 5.60 Å². The van der Waals surface area contributed by atoms with E-state index in [0.29, 0.717) is 13.0 Å². The molecule has 0 saturated heterocycles. The van der Waals surface area contributed by atoms with E-state index < -0.39 is 5.60 Å². The van der Waals surface area contributed by atoms with Gasteiger partial charge in [0.2, 0.25) is 4.38 Å². The van der Waals surface area contributed by atoms with Gasteiger partial charge in [-0.05, 0) is 39.4 Å². The number of thiocarbonyl (C=S) groups is 1. The highest BCUT2D eigenvalue weighted by atomic mass is 32.1. The maximum Gasteiger partial charge on any atom is 0.312 e. The smallest absolute Gasteiger partial charge is 0.312 e. The van der Waals surface area contributed by atoms with Crippen molar-refractivity contribution in [1.29, 1.82) is 0 Å². The molecule has 0 heterocycles. The fourth-order valence-corrected chi connectivity index (χ4v) is 1.58. The van der Waals surface area contributed by atoms with Gasteiger partial charge in [0, 0.05) is 0 Å². The van der Waals surface area contributed by atoms with Crippen LogP contribution in [0.4, 0.5) is 0 Å². The molecule has 0 fully saturated rings. The third-order valence-corrected chi connectivity index (χ3v) is 2.75. The van der Waals surface area contributed by atoms with Gasteiger partial charge < -0.3 is 9.47 Å². The van der Waals surface area contributed by atoms with Crippen LogP contribution in [0.15, 0.2) is 0 Å². The summed E-state index contributed by atoms with van der Waals surface area (Å²) < 4.78 is 10.5. The van der Waals surface area contributed by atoms with Gasteiger partial charge in [0.15, 0.2) is 0 Å². The summed E-state index contributed by atoms with van der Waals surface area (Å²) in [5.74, 6) is -0.640. The molecule has 3 nitrogen and oxygen atoms in total. The topological polar surface area (TPSA) is 35.5 Å². The molecule has 0 rings (SSSR count). The van der Waals surface area contributed by atoms with Gasteiger partial charge in [-0.3, -0.25) is 4.79 Å². The minimum atomic E-state index is -0.648. The van der Waals surface area contributed by atoms with E-state index in [4.69, 9.17) is 21.7 Å². The van der Waals surface area contributed by atoms with Crippen molar-refractivity contribution in [3.63, 3.8) is 0 Å². The van der Waals surface area contributed by atoms with Crippen LogP contribution >= 0.6 is 24.8 Å². The van der Waals surface area contributed by atoms with Crippen molar-refractivity contribution in [2.75, 3.05) is 6.61 Å². The van der Waals surface area contributed by atoms with Gasteiger partial charge in [-0.2, -0.15) is 0 Å². The number of thiol groups is 1. The summed E-state index contributed by atoms with van der Waals surface area (Å²) in [6.45, 7) is 7.68. The second-order valence-electron chi connectivity index (χ2n) is 3.51.